The van der Waals surface area contributed by atoms with Gasteiger partial charge in [0, 0.05) is 24.9 Å². The second-order valence-electron chi connectivity index (χ2n) is 8.42. The lowest BCUT2D eigenvalue weighted by Gasteiger charge is -2.33. The van der Waals surface area contributed by atoms with Gasteiger partial charge in [0.25, 0.3) is 0 Å². The van der Waals surface area contributed by atoms with Crippen molar-refractivity contribution >= 4 is 21.3 Å². The molecule has 0 saturated heterocycles. The zero-order chi connectivity index (χ0) is 20.0. The third kappa shape index (κ3) is 4.08. The third-order valence-electron chi connectivity index (χ3n) is 5.19. The van der Waals surface area contributed by atoms with Gasteiger partial charge in [0.15, 0.2) is 15.6 Å². The van der Waals surface area contributed by atoms with E-state index in [0.29, 0.717) is 17.8 Å². The maximum Gasteiger partial charge on any atom is 0.177 e. The zero-order valence-electron chi connectivity index (χ0n) is 16.7. The highest BCUT2D eigenvalue weighted by Crippen LogP contribution is 2.33. The predicted octanol–water partition coefficient (Wildman–Crippen LogP) is 4.15. The molecular formula is C22H27NO3S. The van der Waals surface area contributed by atoms with Gasteiger partial charge < -0.3 is 4.90 Å². The molecular weight excluding hydrogens is 358 g/mol. The predicted molar refractivity (Wildman–Crippen MR) is 109 cm³/mol. The molecule has 0 amide bonds. The lowest BCUT2D eigenvalue weighted by Crippen LogP contribution is -2.32. The molecule has 1 aliphatic heterocycles. The molecule has 0 radical (unpaired) electrons. The number of carbonyl (C=O) groups is 1. The maximum absolute atomic E-state index is 12.3. The molecule has 0 spiro atoms. The minimum atomic E-state index is -3.39. The molecule has 1 heterocycles. The van der Waals surface area contributed by atoms with E-state index in [4.69, 9.17) is 0 Å². The van der Waals surface area contributed by atoms with E-state index in [1.165, 1.54) is 29.9 Å². The van der Waals surface area contributed by atoms with Crippen LogP contribution >= 0.6 is 0 Å². The van der Waals surface area contributed by atoms with Crippen molar-refractivity contribution in [3.63, 3.8) is 0 Å². The van der Waals surface area contributed by atoms with Crippen molar-refractivity contribution < 1.29 is 13.2 Å². The van der Waals surface area contributed by atoms with Crippen LogP contribution in [0.1, 0.15) is 54.7 Å². The van der Waals surface area contributed by atoms with Crippen LogP contribution in [0.2, 0.25) is 0 Å². The number of Topliss-reactive ketones (excluding diaryl/α,β-unsaturated/α-hetero) is 1. The fourth-order valence-corrected chi connectivity index (χ4v) is 4.41. The van der Waals surface area contributed by atoms with E-state index in [1.807, 2.05) is 0 Å². The number of anilines is 1. The molecule has 1 aliphatic rings. The Morgan fingerprint density at radius 2 is 1.74 bits per heavy atom. The zero-order valence-corrected chi connectivity index (χ0v) is 17.5. The van der Waals surface area contributed by atoms with Crippen LogP contribution in [0, 0.1) is 0 Å². The molecule has 3 rings (SSSR count). The Kier molecular flexibility index (Phi) is 4.93. The number of sulfone groups is 1. The normalized spacial score (nSPS) is 14.8. The van der Waals surface area contributed by atoms with Crippen LogP contribution in [0.3, 0.4) is 0 Å². The molecule has 27 heavy (non-hydrogen) atoms. The monoisotopic (exact) mass is 385 g/mol. The lowest BCUT2D eigenvalue weighted by atomic mass is 9.84. The van der Waals surface area contributed by atoms with Crippen LogP contribution in [-0.4, -0.2) is 27.0 Å². The summed E-state index contributed by atoms with van der Waals surface area (Å²) in [5.41, 5.74) is 5.01. The highest BCUT2D eigenvalue weighted by Gasteiger charge is 2.24. The third-order valence-corrected chi connectivity index (χ3v) is 6.33. The summed E-state index contributed by atoms with van der Waals surface area (Å²) in [5, 5.41) is 0. The smallest absolute Gasteiger partial charge is 0.177 e. The molecule has 0 unspecified atom stereocenters. The van der Waals surface area contributed by atoms with E-state index in [0.717, 1.165) is 13.0 Å². The maximum atomic E-state index is 12.3. The van der Waals surface area contributed by atoms with Crippen LogP contribution < -0.4 is 4.90 Å². The van der Waals surface area contributed by atoms with Crippen LogP contribution in [0.4, 0.5) is 5.69 Å². The molecule has 5 heteroatoms. The first-order chi connectivity index (χ1) is 12.5. The highest BCUT2D eigenvalue weighted by molar-refractivity contribution is 7.90. The van der Waals surface area contributed by atoms with Crippen molar-refractivity contribution in [2.75, 3.05) is 17.7 Å². The summed E-state index contributed by atoms with van der Waals surface area (Å²) in [4.78, 5) is 14.2. The Hall–Kier alpha value is -2.14. The second kappa shape index (κ2) is 6.79. The Morgan fingerprint density at radius 3 is 2.33 bits per heavy atom. The van der Waals surface area contributed by atoms with Gasteiger partial charge >= 0.3 is 0 Å². The van der Waals surface area contributed by atoms with Crippen LogP contribution in [0.15, 0.2) is 41.3 Å². The second-order valence-corrected chi connectivity index (χ2v) is 10.4. The molecule has 0 bridgehead atoms. The van der Waals surface area contributed by atoms with Crippen LogP contribution in [-0.2, 0) is 28.2 Å². The van der Waals surface area contributed by atoms with E-state index in [9.17, 15) is 13.2 Å². The van der Waals surface area contributed by atoms with E-state index in [2.05, 4.69) is 43.9 Å². The fourth-order valence-electron chi connectivity index (χ4n) is 3.53. The highest BCUT2D eigenvalue weighted by atomic mass is 32.2. The number of rotatable bonds is 3. The number of hydrogen-bond acceptors (Lipinski definition) is 4. The van der Waals surface area contributed by atoms with Gasteiger partial charge in [-0.2, -0.15) is 0 Å². The van der Waals surface area contributed by atoms with E-state index >= 15 is 0 Å². The topological polar surface area (TPSA) is 54.5 Å². The number of ketones is 1. The molecule has 0 aromatic heterocycles. The minimum absolute atomic E-state index is 0.0593. The van der Waals surface area contributed by atoms with Crippen molar-refractivity contribution in [1.82, 2.24) is 0 Å². The van der Waals surface area contributed by atoms with E-state index in [-0.39, 0.29) is 16.1 Å². The molecule has 2 aromatic carbocycles. The summed E-state index contributed by atoms with van der Waals surface area (Å²) >= 11 is 0. The summed E-state index contributed by atoms with van der Waals surface area (Å²) in [6.07, 6.45) is 2.07. The summed E-state index contributed by atoms with van der Waals surface area (Å²) in [6.45, 7) is 9.43. The average molecular weight is 386 g/mol. The Bertz CT molecular complexity index is 1000. The molecule has 0 atom stereocenters. The van der Waals surface area contributed by atoms with Gasteiger partial charge in [0.2, 0.25) is 0 Å². The molecule has 0 fully saturated rings. The SMILES string of the molecule is CC(=O)c1ccc(S(C)(=O)=O)c(N2CCc3ccc(C(C)(C)C)cc3C2)c1. The molecule has 4 nitrogen and oxygen atoms in total. The van der Waals surface area contributed by atoms with Gasteiger partial charge in [-0.15, -0.1) is 0 Å². The fraction of sp³-hybridized carbons (Fsp3) is 0.409. The summed E-state index contributed by atoms with van der Waals surface area (Å²) in [6, 6.07) is 11.5. The van der Waals surface area contributed by atoms with Gasteiger partial charge in [0.1, 0.15) is 0 Å². The van der Waals surface area contributed by atoms with E-state index < -0.39 is 9.84 Å². The Balaban J connectivity index is 2.06. The van der Waals surface area contributed by atoms with Crippen molar-refractivity contribution in [1.29, 1.82) is 0 Å². The first-order valence-corrected chi connectivity index (χ1v) is 11.1. The number of carbonyl (C=O) groups excluding carboxylic acids is 1. The number of hydrogen-bond donors (Lipinski definition) is 0. The van der Waals surface area contributed by atoms with Crippen LogP contribution in [0.5, 0.6) is 0 Å². The Morgan fingerprint density at radius 1 is 1.04 bits per heavy atom. The largest absolute Gasteiger partial charge is 0.366 e. The van der Waals surface area contributed by atoms with Gasteiger partial charge in [0.05, 0.1) is 10.6 Å². The Labute approximate surface area is 162 Å². The summed E-state index contributed by atoms with van der Waals surface area (Å²) < 4.78 is 24.6. The molecule has 2 aromatic rings. The summed E-state index contributed by atoms with van der Waals surface area (Å²) in [5.74, 6) is -0.0660. The molecule has 0 aliphatic carbocycles. The molecule has 144 valence electrons. The average Bonchev–Trinajstić information content (AvgIpc) is 2.58. The van der Waals surface area contributed by atoms with Gasteiger partial charge in [-0.25, -0.2) is 8.42 Å². The number of nitrogens with zero attached hydrogens (tertiary/aromatic N) is 1. The lowest BCUT2D eigenvalue weighted by molar-refractivity contribution is 0.101. The van der Waals surface area contributed by atoms with Crippen molar-refractivity contribution in [2.45, 2.75) is 51.0 Å². The van der Waals surface area contributed by atoms with Gasteiger partial charge in [-0.3, -0.25) is 4.79 Å². The van der Waals surface area contributed by atoms with Crippen molar-refractivity contribution in [3.8, 4) is 0 Å². The number of fused-ring (bicyclic) bond motifs is 1. The first-order valence-electron chi connectivity index (χ1n) is 9.19. The molecule has 0 saturated carbocycles. The van der Waals surface area contributed by atoms with Crippen molar-refractivity contribution in [2.24, 2.45) is 0 Å². The standard InChI is InChI=1S/C22H27NO3S/c1-15(24)17-7-9-21(27(5,25)26)20(13-17)23-11-10-16-6-8-19(22(2,3)4)12-18(16)14-23/h6-9,12-13H,10-11,14H2,1-5H3. The van der Waals surface area contributed by atoms with E-state index in [1.54, 1.807) is 18.2 Å². The summed E-state index contributed by atoms with van der Waals surface area (Å²) in [7, 11) is -3.39. The van der Waals surface area contributed by atoms with Crippen LogP contribution in [0.25, 0.3) is 0 Å². The number of benzene rings is 2. The van der Waals surface area contributed by atoms with Gasteiger partial charge in [-0.05, 0) is 53.6 Å². The molecule has 0 N–H and O–H groups in total. The minimum Gasteiger partial charge on any atom is -0.366 e. The van der Waals surface area contributed by atoms with Crippen molar-refractivity contribution in [3.05, 3.63) is 58.7 Å². The van der Waals surface area contributed by atoms with Gasteiger partial charge in [-0.1, -0.05) is 39.0 Å². The quantitative estimate of drug-likeness (QED) is 0.745. The first kappa shape index (κ1) is 19.6.